The molecule has 2 N–H and O–H groups in total. The van der Waals surface area contributed by atoms with Crippen LogP contribution in [-0.2, 0) is 33.7 Å². The topological polar surface area (TPSA) is 113 Å². The molecule has 1 aliphatic heterocycles. The molecule has 3 aromatic heterocycles. The van der Waals surface area contributed by atoms with Crippen molar-refractivity contribution < 1.29 is 18.7 Å². The molecule has 0 radical (unpaired) electrons. The second-order valence-electron chi connectivity index (χ2n) is 10.6. The van der Waals surface area contributed by atoms with Crippen LogP contribution in [0.1, 0.15) is 44.0 Å². The number of ether oxygens (including phenoxy) is 1. The molecule has 39 heavy (non-hydrogen) atoms. The second kappa shape index (κ2) is 10.8. The minimum Gasteiger partial charge on any atom is -0.460 e. The van der Waals surface area contributed by atoms with Crippen molar-refractivity contribution in [1.82, 2.24) is 24.8 Å². The molecule has 0 bridgehead atoms. The van der Waals surface area contributed by atoms with Gasteiger partial charge in [-0.25, -0.2) is 14.4 Å². The van der Waals surface area contributed by atoms with E-state index in [0.717, 1.165) is 23.7 Å². The number of rotatable bonds is 7. The van der Waals surface area contributed by atoms with Crippen LogP contribution in [0.25, 0.3) is 22.3 Å². The maximum absolute atomic E-state index is 14.0. The SMILES string of the molecule is CC(C)(C)OC(=O)CC(=O)N1CCc2c(nc(-c3cncc(F)c3)nc2NCCc2c[nH]c3ccccc23)C1. The lowest BCUT2D eigenvalue weighted by atomic mass is 10.0. The minimum absolute atomic E-state index is 0.215. The number of anilines is 1. The number of hydrogen-bond acceptors (Lipinski definition) is 7. The molecule has 4 aromatic rings. The van der Waals surface area contributed by atoms with Gasteiger partial charge < -0.3 is 19.9 Å². The number of aromatic amines is 1. The molecule has 9 nitrogen and oxygen atoms in total. The number of carbonyl (C=O) groups is 2. The van der Waals surface area contributed by atoms with Gasteiger partial charge in [0, 0.05) is 47.5 Å². The molecule has 0 spiro atoms. The monoisotopic (exact) mass is 530 g/mol. The van der Waals surface area contributed by atoms with E-state index in [9.17, 15) is 14.0 Å². The number of halogens is 1. The summed E-state index contributed by atoms with van der Waals surface area (Å²) >= 11 is 0. The van der Waals surface area contributed by atoms with Crippen molar-refractivity contribution in [2.24, 2.45) is 0 Å². The fourth-order valence-electron chi connectivity index (χ4n) is 4.72. The number of esters is 1. The zero-order valence-electron chi connectivity index (χ0n) is 22.3. The first-order valence-electron chi connectivity index (χ1n) is 13.0. The zero-order valence-corrected chi connectivity index (χ0v) is 22.3. The molecule has 1 aliphatic rings. The molecule has 202 valence electrons. The number of amides is 1. The van der Waals surface area contributed by atoms with E-state index < -0.39 is 17.4 Å². The van der Waals surface area contributed by atoms with Gasteiger partial charge in [0.2, 0.25) is 5.91 Å². The highest BCUT2D eigenvalue weighted by Gasteiger charge is 2.28. The number of pyridine rings is 1. The lowest BCUT2D eigenvalue weighted by Crippen LogP contribution is -2.39. The first-order chi connectivity index (χ1) is 18.7. The van der Waals surface area contributed by atoms with Crippen molar-refractivity contribution in [2.75, 3.05) is 18.4 Å². The van der Waals surface area contributed by atoms with Crippen molar-refractivity contribution in [3.8, 4) is 11.4 Å². The molecule has 5 rings (SSSR count). The molecule has 0 unspecified atom stereocenters. The third kappa shape index (κ3) is 6.22. The highest BCUT2D eigenvalue weighted by atomic mass is 19.1. The zero-order chi connectivity index (χ0) is 27.6. The lowest BCUT2D eigenvalue weighted by Gasteiger charge is -2.30. The number of carbonyl (C=O) groups excluding carboxylic acids is 2. The van der Waals surface area contributed by atoms with E-state index >= 15 is 0 Å². The van der Waals surface area contributed by atoms with Gasteiger partial charge in [-0.1, -0.05) is 18.2 Å². The maximum atomic E-state index is 14.0. The van der Waals surface area contributed by atoms with E-state index in [1.807, 2.05) is 24.4 Å². The molecule has 0 atom stereocenters. The summed E-state index contributed by atoms with van der Waals surface area (Å²) in [5, 5.41) is 4.62. The summed E-state index contributed by atoms with van der Waals surface area (Å²) in [4.78, 5) is 43.4. The summed E-state index contributed by atoms with van der Waals surface area (Å²) in [6.45, 7) is 6.55. The quantitative estimate of drug-likeness (QED) is 0.268. The Kier molecular flexibility index (Phi) is 7.28. The third-order valence-corrected chi connectivity index (χ3v) is 6.46. The average Bonchev–Trinajstić information content (AvgIpc) is 3.30. The number of nitrogens with one attached hydrogen (secondary N) is 2. The molecular weight excluding hydrogens is 499 g/mol. The average molecular weight is 531 g/mol. The Balaban J connectivity index is 1.37. The van der Waals surface area contributed by atoms with Gasteiger partial charge in [0.05, 0.1) is 18.4 Å². The molecule has 4 heterocycles. The predicted octanol–water partition coefficient (Wildman–Crippen LogP) is 4.43. The van der Waals surface area contributed by atoms with E-state index in [-0.39, 0.29) is 18.9 Å². The minimum atomic E-state index is -0.666. The largest absolute Gasteiger partial charge is 0.460 e. The van der Waals surface area contributed by atoms with Gasteiger partial charge in [-0.05, 0) is 51.3 Å². The highest BCUT2D eigenvalue weighted by molar-refractivity contribution is 5.94. The number of benzene rings is 1. The van der Waals surface area contributed by atoms with Crippen LogP contribution >= 0.6 is 0 Å². The van der Waals surface area contributed by atoms with E-state index in [1.54, 1.807) is 25.7 Å². The van der Waals surface area contributed by atoms with E-state index in [2.05, 4.69) is 26.3 Å². The standard InChI is InChI=1S/C29H31FN6O3/c1-29(2,3)39-26(38)13-25(37)36-11-9-22-24(17-36)34-27(19-12-20(30)16-31-14-19)35-28(22)32-10-8-18-15-33-23-7-5-4-6-21(18)23/h4-7,12,14-16,33H,8-11,13,17H2,1-3H3,(H,32,34,35). The van der Waals surface area contributed by atoms with Gasteiger partial charge in [0.1, 0.15) is 23.7 Å². The van der Waals surface area contributed by atoms with Crippen molar-refractivity contribution in [3.63, 3.8) is 0 Å². The summed E-state index contributed by atoms with van der Waals surface area (Å²) in [5.41, 5.74) is 3.61. The van der Waals surface area contributed by atoms with E-state index in [4.69, 9.17) is 9.72 Å². The Bertz CT molecular complexity index is 1530. The van der Waals surface area contributed by atoms with Crippen LogP contribution in [0.2, 0.25) is 0 Å². The molecule has 0 saturated carbocycles. The summed E-state index contributed by atoms with van der Waals surface area (Å²) < 4.78 is 19.3. The number of para-hydroxylation sites is 1. The Labute approximate surface area is 225 Å². The summed E-state index contributed by atoms with van der Waals surface area (Å²) in [7, 11) is 0. The van der Waals surface area contributed by atoms with Crippen LogP contribution in [-0.4, -0.2) is 55.4 Å². The molecule has 1 amide bonds. The second-order valence-corrected chi connectivity index (χ2v) is 10.6. The summed E-state index contributed by atoms with van der Waals surface area (Å²) in [6.07, 6.45) is 5.59. The van der Waals surface area contributed by atoms with Crippen molar-refractivity contribution in [2.45, 2.75) is 52.2 Å². The van der Waals surface area contributed by atoms with Crippen LogP contribution in [0.5, 0.6) is 0 Å². The van der Waals surface area contributed by atoms with Crippen molar-refractivity contribution in [1.29, 1.82) is 0 Å². The Morgan fingerprint density at radius 3 is 2.79 bits per heavy atom. The van der Waals surface area contributed by atoms with Crippen LogP contribution < -0.4 is 5.32 Å². The normalized spacial score (nSPS) is 13.3. The molecule has 0 fully saturated rings. The Hall–Kier alpha value is -4.34. The van der Waals surface area contributed by atoms with Gasteiger partial charge in [-0.3, -0.25) is 14.6 Å². The maximum Gasteiger partial charge on any atom is 0.315 e. The van der Waals surface area contributed by atoms with Crippen LogP contribution in [0.4, 0.5) is 10.2 Å². The highest BCUT2D eigenvalue weighted by Crippen LogP contribution is 2.28. The van der Waals surface area contributed by atoms with Crippen molar-refractivity contribution in [3.05, 3.63) is 71.6 Å². The fraction of sp³-hybridized carbons (Fsp3) is 0.345. The van der Waals surface area contributed by atoms with Crippen LogP contribution in [0, 0.1) is 5.82 Å². The number of aromatic nitrogens is 4. The molecular formula is C29H31FN6O3. The van der Waals surface area contributed by atoms with Gasteiger partial charge in [-0.2, -0.15) is 0 Å². The number of nitrogens with zero attached hydrogens (tertiary/aromatic N) is 4. The first-order valence-corrected chi connectivity index (χ1v) is 13.0. The summed E-state index contributed by atoms with van der Waals surface area (Å²) in [5.74, 6) is -0.407. The predicted molar refractivity (Wildman–Crippen MR) is 145 cm³/mol. The first kappa shape index (κ1) is 26.3. The van der Waals surface area contributed by atoms with Gasteiger partial charge >= 0.3 is 5.97 Å². The van der Waals surface area contributed by atoms with Crippen molar-refractivity contribution >= 4 is 28.6 Å². The molecule has 10 heteroatoms. The van der Waals surface area contributed by atoms with Gasteiger partial charge in [-0.15, -0.1) is 0 Å². The lowest BCUT2D eigenvalue weighted by molar-refractivity contribution is -0.158. The number of fused-ring (bicyclic) bond motifs is 2. The van der Waals surface area contributed by atoms with Crippen LogP contribution in [0.3, 0.4) is 0 Å². The molecule has 0 saturated heterocycles. The third-order valence-electron chi connectivity index (χ3n) is 6.46. The summed E-state index contributed by atoms with van der Waals surface area (Å²) in [6, 6.07) is 9.48. The number of hydrogen-bond donors (Lipinski definition) is 2. The van der Waals surface area contributed by atoms with Gasteiger partial charge in [0.25, 0.3) is 0 Å². The molecule has 1 aromatic carbocycles. The van der Waals surface area contributed by atoms with E-state index in [1.165, 1.54) is 23.2 Å². The van der Waals surface area contributed by atoms with Gasteiger partial charge in [0.15, 0.2) is 5.82 Å². The van der Waals surface area contributed by atoms with E-state index in [0.29, 0.717) is 42.4 Å². The number of H-pyrrole nitrogens is 1. The smallest absolute Gasteiger partial charge is 0.315 e. The molecule has 0 aliphatic carbocycles. The van der Waals surface area contributed by atoms with Crippen LogP contribution in [0.15, 0.2) is 48.9 Å². The Morgan fingerprint density at radius 1 is 1.18 bits per heavy atom. The Morgan fingerprint density at radius 2 is 2.00 bits per heavy atom. The fourth-order valence-corrected chi connectivity index (χ4v) is 4.72.